The Morgan fingerprint density at radius 1 is 0.500 bits per heavy atom. The molecule has 0 amide bonds. The minimum absolute atomic E-state index is 0. The fourth-order valence-electron chi connectivity index (χ4n) is 4.96. The van der Waals surface area contributed by atoms with Crippen molar-refractivity contribution in [3.8, 4) is 0 Å². The summed E-state index contributed by atoms with van der Waals surface area (Å²) in [6.45, 7) is 0. The van der Waals surface area contributed by atoms with Gasteiger partial charge >= 0.3 is 59.1 Å². The molecule has 6 rings (SSSR count). The summed E-state index contributed by atoms with van der Waals surface area (Å²) < 4.78 is 70.8. The maximum atomic E-state index is 12.8. The third kappa shape index (κ3) is 8.73. The van der Waals surface area contributed by atoms with Gasteiger partial charge in [0.1, 0.15) is 31.7 Å². The SMILES string of the molecule is O=C1/C(=N\Nc2ccc(/C=C/c3ccc(N/N=C4\C=C(S(=O)(=O)[O-])c5ccccc5C4=O)cc3)cc2)C=C(S(=O)(=O)[O-])c2ccccc21.[Na+].[Na+]. The molecule has 4 aromatic rings. The van der Waals surface area contributed by atoms with E-state index < -0.39 is 41.6 Å². The van der Waals surface area contributed by atoms with Gasteiger partial charge in [0.25, 0.3) is 0 Å². The Bertz CT molecular complexity index is 2200. The van der Waals surface area contributed by atoms with Crippen molar-refractivity contribution in [2.75, 3.05) is 10.9 Å². The predicted octanol–water partition coefficient (Wildman–Crippen LogP) is -1.03. The van der Waals surface area contributed by atoms with E-state index in [1.165, 1.54) is 36.4 Å². The Balaban J connectivity index is 0.00000281. The quantitative estimate of drug-likeness (QED) is 0.0981. The molecule has 0 fully saturated rings. The Kier molecular flexibility index (Phi) is 12.5. The van der Waals surface area contributed by atoms with Crippen LogP contribution >= 0.6 is 0 Å². The molecule has 2 N–H and O–H groups in total. The summed E-state index contributed by atoms with van der Waals surface area (Å²) in [7, 11) is -9.70. The third-order valence-corrected chi connectivity index (χ3v) is 9.07. The van der Waals surface area contributed by atoms with Gasteiger partial charge in [0.15, 0.2) is 0 Å². The van der Waals surface area contributed by atoms with E-state index in [1.54, 1.807) is 60.7 Å². The van der Waals surface area contributed by atoms with Crippen LogP contribution in [0.5, 0.6) is 0 Å². The van der Waals surface area contributed by atoms with E-state index in [2.05, 4.69) is 21.1 Å². The molecule has 0 heterocycles. The van der Waals surface area contributed by atoms with Crippen LogP contribution in [0.1, 0.15) is 43.0 Å². The smallest absolute Gasteiger partial charge is 0.744 e. The molecule has 0 bridgehead atoms. The topological polar surface area (TPSA) is 197 Å². The van der Waals surface area contributed by atoms with Gasteiger partial charge in [-0.25, -0.2) is 16.8 Å². The fraction of sp³-hybridized carbons (Fsp3) is 0. The number of carbonyl (C=O) groups excluding carboxylic acids is 2. The molecule has 2 aliphatic carbocycles. The van der Waals surface area contributed by atoms with Gasteiger partial charge in [0.2, 0.25) is 11.6 Å². The summed E-state index contributed by atoms with van der Waals surface area (Å²) in [6.07, 6.45) is 5.63. The predicted molar refractivity (Wildman–Crippen MR) is 181 cm³/mol. The van der Waals surface area contributed by atoms with Crippen LogP contribution in [-0.4, -0.2) is 48.9 Å². The number of rotatable bonds is 8. The van der Waals surface area contributed by atoms with Crippen LogP contribution in [0.2, 0.25) is 0 Å². The Morgan fingerprint density at radius 3 is 1.14 bits per heavy atom. The number of Topliss-reactive ketones (excluding diaryl/α,β-unsaturated/α-hetero) is 2. The van der Waals surface area contributed by atoms with Crippen molar-refractivity contribution in [2.45, 2.75) is 0 Å². The van der Waals surface area contributed by atoms with E-state index in [0.29, 0.717) is 11.4 Å². The van der Waals surface area contributed by atoms with E-state index in [1.807, 2.05) is 12.2 Å². The first-order valence-corrected chi connectivity index (χ1v) is 16.9. The summed E-state index contributed by atoms with van der Waals surface area (Å²) in [5.74, 6) is -1.04. The van der Waals surface area contributed by atoms with E-state index in [-0.39, 0.29) is 92.8 Å². The average molecular weight is 725 g/mol. The number of nitrogens with one attached hydrogen (secondary N) is 2. The zero-order valence-electron chi connectivity index (χ0n) is 26.5. The van der Waals surface area contributed by atoms with Crippen LogP contribution in [-0.2, 0) is 20.2 Å². The number of anilines is 2. The van der Waals surface area contributed by atoms with Crippen molar-refractivity contribution in [1.29, 1.82) is 0 Å². The molecule has 2 aliphatic rings. The molecule has 16 heteroatoms. The minimum Gasteiger partial charge on any atom is -0.744 e. The van der Waals surface area contributed by atoms with Crippen molar-refractivity contribution in [3.05, 3.63) is 143 Å². The number of hydrazone groups is 2. The molecule has 0 unspecified atom stereocenters. The van der Waals surface area contributed by atoms with E-state index in [0.717, 1.165) is 23.3 Å². The number of nitrogens with zero attached hydrogens (tertiary/aromatic N) is 2. The summed E-state index contributed by atoms with van der Waals surface area (Å²) >= 11 is 0. The number of hydrogen-bond acceptors (Lipinski definition) is 12. The molecule has 0 aromatic heterocycles. The first-order valence-electron chi connectivity index (χ1n) is 14.1. The van der Waals surface area contributed by atoms with Gasteiger partial charge in [-0.05, 0) is 47.5 Å². The molecule has 0 saturated carbocycles. The second-order valence-corrected chi connectivity index (χ2v) is 13.2. The normalized spacial score (nSPS) is 15.7. The Labute approximate surface area is 331 Å². The van der Waals surface area contributed by atoms with Crippen LogP contribution in [0.25, 0.3) is 22.0 Å². The van der Waals surface area contributed by atoms with Crippen molar-refractivity contribution in [2.24, 2.45) is 10.2 Å². The number of allylic oxidation sites excluding steroid dienone is 2. The summed E-state index contributed by atoms with van der Waals surface area (Å²) in [5, 5.41) is 8.09. The van der Waals surface area contributed by atoms with Gasteiger partial charge in [0, 0.05) is 22.3 Å². The molecule has 240 valence electrons. The van der Waals surface area contributed by atoms with Crippen LogP contribution < -0.4 is 70.0 Å². The number of hydrogen-bond donors (Lipinski definition) is 2. The monoisotopic (exact) mass is 724 g/mol. The zero-order valence-corrected chi connectivity index (χ0v) is 32.2. The van der Waals surface area contributed by atoms with Gasteiger partial charge in [-0.2, -0.15) is 10.2 Å². The molecule has 0 saturated heterocycles. The summed E-state index contributed by atoms with van der Waals surface area (Å²) in [4.78, 5) is 24.6. The summed E-state index contributed by atoms with van der Waals surface area (Å²) in [5.41, 5.74) is 7.92. The van der Waals surface area contributed by atoms with Gasteiger partial charge < -0.3 is 9.11 Å². The average Bonchev–Trinajstić information content (AvgIpc) is 3.07. The van der Waals surface area contributed by atoms with E-state index >= 15 is 0 Å². The van der Waals surface area contributed by atoms with Crippen molar-refractivity contribution < 1.29 is 94.6 Å². The second kappa shape index (κ2) is 16.0. The standard InChI is InChI=1S/C34H24N4O8S2.2Na/c39-33-27-7-3-1-5-25(27)31(47(41,42)43)19-29(33)37-35-23-15-11-21(12-16-23)9-10-22-13-17-24(18-14-22)36-38-30-20-32(48(44,45)46)26-6-2-4-8-28(26)34(30)40;;/h1-20,35-36H,(H,41,42,43)(H,44,45,46);;/q;2*+1/p-2/b10-9+,37-29-,38-30+;;. The van der Waals surface area contributed by atoms with Crippen molar-refractivity contribution in [3.63, 3.8) is 0 Å². The number of benzene rings is 4. The van der Waals surface area contributed by atoms with Crippen LogP contribution in [0.4, 0.5) is 11.4 Å². The van der Waals surface area contributed by atoms with E-state index in [9.17, 15) is 35.5 Å². The van der Waals surface area contributed by atoms with Crippen molar-refractivity contribution in [1.82, 2.24) is 0 Å². The number of carbonyl (C=O) groups is 2. The second-order valence-electron chi connectivity index (χ2n) is 10.5. The van der Waals surface area contributed by atoms with Crippen LogP contribution in [0.3, 0.4) is 0 Å². The van der Waals surface area contributed by atoms with Crippen LogP contribution in [0.15, 0.2) is 119 Å². The van der Waals surface area contributed by atoms with E-state index in [4.69, 9.17) is 0 Å². The maximum Gasteiger partial charge on any atom is 1.00 e. The molecule has 0 atom stereocenters. The fourth-order valence-corrected chi connectivity index (χ4v) is 6.37. The first-order chi connectivity index (χ1) is 22.9. The molecule has 0 spiro atoms. The summed E-state index contributed by atoms with van der Waals surface area (Å²) in [6, 6.07) is 25.8. The van der Waals surface area contributed by atoms with Crippen LogP contribution in [0, 0.1) is 0 Å². The van der Waals surface area contributed by atoms with Crippen molar-refractivity contribution >= 4 is 76.6 Å². The maximum absolute atomic E-state index is 12.8. The number of ketones is 2. The van der Waals surface area contributed by atoms with Gasteiger partial charge in [-0.15, -0.1) is 0 Å². The molecule has 50 heavy (non-hydrogen) atoms. The molecule has 12 nitrogen and oxygen atoms in total. The Morgan fingerprint density at radius 2 is 0.820 bits per heavy atom. The molecule has 4 aromatic carbocycles. The van der Waals surface area contributed by atoms with Gasteiger partial charge in [-0.1, -0.05) is 84.9 Å². The van der Waals surface area contributed by atoms with Gasteiger partial charge in [-0.3, -0.25) is 20.4 Å². The molecular weight excluding hydrogens is 703 g/mol. The number of fused-ring (bicyclic) bond motifs is 2. The van der Waals surface area contributed by atoms with Gasteiger partial charge in [0.05, 0.1) is 21.2 Å². The zero-order chi connectivity index (χ0) is 34.1. The minimum atomic E-state index is -4.85. The molecular formula is C34H22N4Na2O8S2. The first kappa shape index (κ1) is 39.0. The molecule has 0 radical (unpaired) electrons. The molecule has 0 aliphatic heterocycles. The Hall–Kier alpha value is -3.80. The largest absolute Gasteiger partial charge is 1.00 e. The third-order valence-electron chi connectivity index (χ3n) is 7.31.